The van der Waals surface area contributed by atoms with Gasteiger partial charge in [0.1, 0.15) is 0 Å². The van der Waals surface area contributed by atoms with E-state index in [0.29, 0.717) is 16.6 Å². The lowest BCUT2D eigenvalue weighted by Crippen LogP contribution is -2.26. The molecule has 90 valence electrons. The van der Waals surface area contributed by atoms with Crippen LogP contribution in [-0.2, 0) is 4.79 Å². The summed E-state index contributed by atoms with van der Waals surface area (Å²) in [4.78, 5) is 15.3. The monoisotopic (exact) mass is 260 g/mol. The lowest BCUT2D eigenvalue weighted by molar-refractivity contribution is -0.118. The highest BCUT2D eigenvalue weighted by molar-refractivity contribution is 6.33. The first-order valence-corrected chi connectivity index (χ1v) is 5.79. The van der Waals surface area contributed by atoms with E-state index in [4.69, 9.17) is 16.3 Å². The molecule has 0 aliphatic carbocycles. The molecule has 0 atom stereocenters. The summed E-state index contributed by atoms with van der Waals surface area (Å²) in [5, 5.41) is 3.30. The van der Waals surface area contributed by atoms with Gasteiger partial charge in [0.2, 0.25) is 0 Å². The summed E-state index contributed by atoms with van der Waals surface area (Å²) in [7, 11) is 0. The van der Waals surface area contributed by atoms with Gasteiger partial charge in [-0.25, -0.2) is 4.98 Å². The molecule has 18 heavy (non-hydrogen) atoms. The van der Waals surface area contributed by atoms with Crippen LogP contribution < -0.4 is 10.1 Å². The van der Waals surface area contributed by atoms with E-state index in [0.717, 1.165) is 11.1 Å². The number of fused-ring (bicyclic) bond motifs is 1. The quantitative estimate of drug-likeness (QED) is 0.858. The maximum atomic E-state index is 11.1. The number of amides is 1. The molecule has 4 nitrogen and oxygen atoms in total. The van der Waals surface area contributed by atoms with Gasteiger partial charge in [-0.1, -0.05) is 29.8 Å². The van der Waals surface area contributed by atoms with E-state index < -0.39 is 0 Å². The first kappa shape index (κ1) is 11.0. The lowest BCUT2D eigenvalue weighted by atomic mass is 10.1. The number of hydrogen-bond donors (Lipinski definition) is 1. The number of pyridine rings is 1. The summed E-state index contributed by atoms with van der Waals surface area (Å²) >= 11 is 6.13. The molecule has 0 saturated carbocycles. The standard InChI is InChI=1S/C13H9ClN2O2/c14-10-4-2-1-3-9(10)8-5-11-13(15-6-8)16-12(17)7-18-11/h1-6H,7H2,(H,15,16,17). The molecular weight excluding hydrogens is 252 g/mol. The fourth-order valence-electron chi connectivity index (χ4n) is 1.80. The molecule has 3 rings (SSSR count). The van der Waals surface area contributed by atoms with Crippen molar-refractivity contribution in [2.45, 2.75) is 0 Å². The highest BCUT2D eigenvalue weighted by Crippen LogP contribution is 2.33. The van der Waals surface area contributed by atoms with Crippen molar-refractivity contribution in [1.29, 1.82) is 0 Å². The Morgan fingerprint density at radius 3 is 3.00 bits per heavy atom. The Balaban J connectivity index is 2.05. The van der Waals surface area contributed by atoms with E-state index in [9.17, 15) is 4.79 Å². The number of nitrogens with one attached hydrogen (secondary N) is 1. The molecule has 0 saturated heterocycles. The van der Waals surface area contributed by atoms with Crippen molar-refractivity contribution in [2.75, 3.05) is 11.9 Å². The number of benzene rings is 1. The van der Waals surface area contributed by atoms with Crippen molar-refractivity contribution in [3.8, 4) is 16.9 Å². The van der Waals surface area contributed by atoms with E-state index in [-0.39, 0.29) is 12.5 Å². The summed E-state index contributed by atoms with van der Waals surface area (Å²) in [6.45, 7) is 0.0145. The smallest absolute Gasteiger partial charge is 0.263 e. The second kappa shape index (κ2) is 4.31. The number of nitrogens with zero attached hydrogens (tertiary/aromatic N) is 1. The minimum absolute atomic E-state index is 0.0145. The number of rotatable bonds is 1. The Morgan fingerprint density at radius 2 is 2.17 bits per heavy atom. The van der Waals surface area contributed by atoms with Crippen LogP contribution in [0.3, 0.4) is 0 Å². The normalized spacial score (nSPS) is 13.5. The number of hydrogen-bond acceptors (Lipinski definition) is 3. The van der Waals surface area contributed by atoms with Gasteiger partial charge in [-0.2, -0.15) is 0 Å². The Morgan fingerprint density at radius 1 is 1.33 bits per heavy atom. The van der Waals surface area contributed by atoms with Crippen LogP contribution in [0.4, 0.5) is 5.82 Å². The maximum absolute atomic E-state index is 11.1. The highest BCUT2D eigenvalue weighted by Gasteiger charge is 2.18. The van der Waals surface area contributed by atoms with Crippen molar-refractivity contribution in [3.05, 3.63) is 41.6 Å². The van der Waals surface area contributed by atoms with Crippen LogP contribution in [0.15, 0.2) is 36.5 Å². The molecule has 1 aliphatic heterocycles. The topological polar surface area (TPSA) is 51.2 Å². The van der Waals surface area contributed by atoms with Gasteiger partial charge >= 0.3 is 0 Å². The zero-order chi connectivity index (χ0) is 12.5. The predicted octanol–water partition coefficient (Wildman–Crippen LogP) is 2.73. The largest absolute Gasteiger partial charge is 0.480 e. The van der Waals surface area contributed by atoms with E-state index in [1.165, 1.54) is 0 Å². The molecule has 0 fully saturated rings. The second-order valence-corrected chi connectivity index (χ2v) is 4.29. The van der Waals surface area contributed by atoms with Gasteiger partial charge in [-0.3, -0.25) is 4.79 Å². The average Bonchev–Trinajstić information content (AvgIpc) is 2.39. The molecular formula is C13H9ClN2O2. The minimum atomic E-state index is -0.194. The van der Waals surface area contributed by atoms with E-state index in [2.05, 4.69) is 10.3 Å². The summed E-state index contributed by atoms with van der Waals surface area (Å²) in [5.74, 6) is 0.814. The fourth-order valence-corrected chi connectivity index (χ4v) is 2.05. The third-order valence-electron chi connectivity index (χ3n) is 2.65. The maximum Gasteiger partial charge on any atom is 0.263 e. The Hall–Kier alpha value is -2.07. The number of carbonyl (C=O) groups is 1. The van der Waals surface area contributed by atoms with Gasteiger partial charge in [-0.15, -0.1) is 0 Å². The molecule has 0 bridgehead atoms. The Kier molecular flexibility index (Phi) is 2.64. The third kappa shape index (κ3) is 1.91. The molecule has 1 aromatic carbocycles. The van der Waals surface area contributed by atoms with Crippen molar-refractivity contribution in [2.24, 2.45) is 0 Å². The molecule has 1 N–H and O–H groups in total. The molecule has 0 unspecified atom stereocenters. The molecule has 0 spiro atoms. The zero-order valence-electron chi connectivity index (χ0n) is 9.31. The average molecular weight is 261 g/mol. The first-order chi connectivity index (χ1) is 8.74. The number of carbonyl (C=O) groups excluding carboxylic acids is 1. The third-order valence-corrected chi connectivity index (χ3v) is 2.98. The molecule has 5 heteroatoms. The van der Waals surface area contributed by atoms with Crippen molar-refractivity contribution >= 4 is 23.3 Å². The number of aromatic nitrogens is 1. The van der Waals surface area contributed by atoms with Crippen molar-refractivity contribution in [1.82, 2.24) is 4.98 Å². The summed E-state index contributed by atoms with van der Waals surface area (Å²) in [6, 6.07) is 9.33. The van der Waals surface area contributed by atoms with Crippen LogP contribution in [0.25, 0.3) is 11.1 Å². The molecule has 2 heterocycles. The van der Waals surface area contributed by atoms with Gasteiger partial charge in [0.15, 0.2) is 18.2 Å². The van der Waals surface area contributed by atoms with Gasteiger partial charge in [0, 0.05) is 22.3 Å². The number of halogens is 1. The highest BCUT2D eigenvalue weighted by atomic mass is 35.5. The minimum Gasteiger partial charge on any atom is -0.480 e. The van der Waals surface area contributed by atoms with Crippen molar-refractivity contribution < 1.29 is 9.53 Å². The van der Waals surface area contributed by atoms with Crippen LogP contribution in [0, 0.1) is 0 Å². The molecule has 1 amide bonds. The van der Waals surface area contributed by atoms with Gasteiger partial charge < -0.3 is 10.1 Å². The second-order valence-electron chi connectivity index (χ2n) is 3.89. The number of anilines is 1. The van der Waals surface area contributed by atoms with Gasteiger partial charge in [0.25, 0.3) is 5.91 Å². The number of ether oxygens (including phenoxy) is 1. The molecule has 1 aliphatic rings. The van der Waals surface area contributed by atoms with Gasteiger partial charge in [0.05, 0.1) is 0 Å². The first-order valence-electron chi connectivity index (χ1n) is 5.41. The molecule has 2 aromatic rings. The van der Waals surface area contributed by atoms with Crippen LogP contribution in [0.5, 0.6) is 5.75 Å². The molecule has 0 radical (unpaired) electrons. The summed E-state index contributed by atoms with van der Waals surface area (Å²) < 4.78 is 5.32. The van der Waals surface area contributed by atoms with E-state index in [1.807, 2.05) is 30.3 Å². The van der Waals surface area contributed by atoms with Crippen LogP contribution >= 0.6 is 11.6 Å². The predicted molar refractivity (Wildman–Crippen MR) is 68.8 cm³/mol. The SMILES string of the molecule is O=C1COc2cc(-c3ccccc3Cl)cnc2N1. The van der Waals surface area contributed by atoms with Gasteiger partial charge in [-0.05, 0) is 12.1 Å². The Bertz CT molecular complexity index is 628. The lowest BCUT2D eigenvalue weighted by Gasteiger charge is -2.17. The summed E-state index contributed by atoms with van der Waals surface area (Å²) in [6.07, 6.45) is 1.66. The van der Waals surface area contributed by atoms with E-state index in [1.54, 1.807) is 6.20 Å². The zero-order valence-corrected chi connectivity index (χ0v) is 10.1. The van der Waals surface area contributed by atoms with Crippen LogP contribution in [0.1, 0.15) is 0 Å². The van der Waals surface area contributed by atoms with E-state index >= 15 is 0 Å². The van der Waals surface area contributed by atoms with Crippen molar-refractivity contribution in [3.63, 3.8) is 0 Å². The fraction of sp³-hybridized carbons (Fsp3) is 0.0769. The Labute approximate surface area is 109 Å². The van der Waals surface area contributed by atoms with Crippen LogP contribution in [0.2, 0.25) is 5.02 Å². The molecule has 1 aromatic heterocycles. The van der Waals surface area contributed by atoms with Crippen LogP contribution in [-0.4, -0.2) is 17.5 Å². The summed E-state index contributed by atoms with van der Waals surface area (Å²) in [5.41, 5.74) is 1.74.